The Hall–Kier alpha value is -2.82. The maximum atomic E-state index is 12.5. The summed E-state index contributed by atoms with van der Waals surface area (Å²) in [6.45, 7) is 6.07. The lowest BCUT2D eigenvalue weighted by Crippen LogP contribution is -2.37. The molecule has 0 radical (unpaired) electrons. The van der Waals surface area contributed by atoms with Gasteiger partial charge in [-0.05, 0) is 49.7 Å². The number of carbonyl (C=O) groups excluding carboxylic acids is 2. The highest BCUT2D eigenvalue weighted by molar-refractivity contribution is 6.00. The van der Waals surface area contributed by atoms with Crippen molar-refractivity contribution in [1.82, 2.24) is 0 Å². The monoisotopic (exact) mass is 338 g/mol. The van der Waals surface area contributed by atoms with Crippen molar-refractivity contribution in [1.29, 1.82) is 0 Å². The SMILES string of the molecule is CCN(CC)c1ccc(NC(=O)[C@@H]2Cc3ccccc3C(=O)O2)cc1. The molecule has 0 fully saturated rings. The molecule has 0 aliphatic carbocycles. The predicted molar refractivity (Wildman–Crippen MR) is 98.0 cm³/mol. The third-order valence-corrected chi connectivity index (χ3v) is 4.45. The lowest BCUT2D eigenvalue weighted by Gasteiger charge is -2.24. The maximum absolute atomic E-state index is 12.5. The minimum atomic E-state index is -0.801. The second-order valence-electron chi connectivity index (χ2n) is 5.96. The summed E-state index contributed by atoms with van der Waals surface area (Å²) < 4.78 is 5.28. The molecule has 0 spiro atoms. The number of esters is 1. The molecule has 2 aromatic carbocycles. The predicted octanol–water partition coefficient (Wildman–Crippen LogP) is 3.25. The zero-order valence-electron chi connectivity index (χ0n) is 14.5. The molecule has 1 atom stereocenters. The highest BCUT2D eigenvalue weighted by Crippen LogP contribution is 2.22. The minimum Gasteiger partial charge on any atom is -0.448 e. The Morgan fingerprint density at radius 2 is 1.80 bits per heavy atom. The summed E-state index contributed by atoms with van der Waals surface area (Å²) in [5.74, 6) is -0.752. The normalized spacial score (nSPS) is 15.9. The molecular formula is C20H22N2O3. The van der Waals surface area contributed by atoms with Crippen LogP contribution in [0.3, 0.4) is 0 Å². The summed E-state index contributed by atoms with van der Waals surface area (Å²) in [6, 6.07) is 14.9. The average Bonchev–Trinajstić information content (AvgIpc) is 2.64. The van der Waals surface area contributed by atoms with Gasteiger partial charge in [-0.1, -0.05) is 18.2 Å². The van der Waals surface area contributed by atoms with E-state index in [1.807, 2.05) is 36.4 Å². The highest BCUT2D eigenvalue weighted by atomic mass is 16.5. The first-order valence-corrected chi connectivity index (χ1v) is 8.57. The molecule has 0 bridgehead atoms. The van der Waals surface area contributed by atoms with Crippen LogP contribution in [0.25, 0.3) is 0 Å². The van der Waals surface area contributed by atoms with Crippen molar-refractivity contribution in [2.45, 2.75) is 26.4 Å². The van der Waals surface area contributed by atoms with Crippen LogP contribution in [0.2, 0.25) is 0 Å². The van der Waals surface area contributed by atoms with Gasteiger partial charge < -0.3 is 15.0 Å². The van der Waals surface area contributed by atoms with Crippen LogP contribution in [-0.4, -0.2) is 31.1 Å². The number of anilines is 2. The van der Waals surface area contributed by atoms with E-state index in [9.17, 15) is 9.59 Å². The van der Waals surface area contributed by atoms with Gasteiger partial charge in [0.2, 0.25) is 0 Å². The summed E-state index contributed by atoms with van der Waals surface area (Å²) in [5.41, 5.74) is 3.18. The van der Waals surface area contributed by atoms with E-state index in [0.717, 1.165) is 24.3 Å². The van der Waals surface area contributed by atoms with Gasteiger partial charge in [-0.2, -0.15) is 0 Å². The quantitative estimate of drug-likeness (QED) is 0.850. The molecule has 1 aliphatic heterocycles. The average molecular weight is 338 g/mol. The van der Waals surface area contributed by atoms with Crippen LogP contribution < -0.4 is 10.2 Å². The largest absolute Gasteiger partial charge is 0.448 e. The van der Waals surface area contributed by atoms with Gasteiger partial charge in [0.1, 0.15) is 0 Å². The molecule has 5 heteroatoms. The zero-order valence-corrected chi connectivity index (χ0v) is 14.5. The van der Waals surface area contributed by atoms with E-state index in [-0.39, 0.29) is 5.91 Å². The van der Waals surface area contributed by atoms with Gasteiger partial charge in [-0.25, -0.2) is 4.79 Å². The van der Waals surface area contributed by atoms with E-state index in [1.54, 1.807) is 12.1 Å². The Labute approximate surface area is 147 Å². The number of nitrogens with one attached hydrogen (secondary N) is 1. The molecule has 2 aromatic rings. The first-order chi connectivity index (χ1) is 12.1. The number of ether oxygens (including phenoxy) is 1. The number of hydrogen-bond acceptors (Lipinski definition) is 4. The fraction of sp³-hybridized carbons (Fsp3) is 0.300. The molecule has 5 nitrogen and oxygen atoms in total. The second kappa shape index (κ2) is 7.38. The third-order valence-electron chi connectivity index (χ3n) is 4.45. The smallest absolute Gasteiger partial charge is 0.339 e. The molecule has 1 heterocycles. The summed E-state index contributed by atoms with van der Waals surface area (Å²) >= 11 is 0. The van der Waals surface area contributed by atoms with Crippen LogP contribution in [0, 0.1) is 0 Å². The van der Waals surface area contributed by atoms with E-state index in [0.29, 0.717) is 17.7 Å². The van der Waals surface area contributed by atoms with Crippen molar-refractivity contribution in [2.24, 2.45) is 0 Å². The number of fused-ring (bicyclic) bond motifs is 1. The highest BCUT2D eigenvalue weighted by Gasteiger charge is 2.31. The van der Waals surface area contributed by atoms with Crippen LogP contribution in [0.15, 0.2) is 48.5 Å². The van der Waals surface area contributed by atoms with Crippen molar-refractivity contribution < 1.29 is 14.3 Å². The Morgan fingerprint density at radius 3 is 2.48 bits per heavy atom. The van der Waals surface area contributed by atoms with Gasteiger partial charge in [0.05, 0.1) is 5.56 Å². The molecule has 130 valence electrons. The van der Waals surface area contributed by atoms with E-state index < -0.39 is 12.1 Å². The van der Waals surface area contributed by atoms with Crippen molar-refractivity contribution in [3.8, 4) is 0 Å². The molecule has 0 aromatic heterocycles. The zero-order chi connectivity index (χ0) is 17.8. The Morgan fingerprint density at radius 1 is 1.12 bits per heavy atom. The summed E-state index contributed by atoms with van der Waals surface area (Å²) in [4.78, 5) is 26.7. The third kappa shape index (κ3) is 3.65. The Bertz CT molecular complexity index is 767. The first-order valence-electron chi connectivity index (χ1n) is 8.57. The number of nitrogens with zero attached hydrogens (tertiary/aromatic N) is 1. The lowest BCUT2D eigenvalue weighted by atomic mass is 9.98. The second-order valence-corrected chi connectivity index (χ2v) is 5.96. The fourth-order valence-electron chi connectivity index (χ4n) is 3.04. The number of cyclic esters (lactones) is 1. The van der Waals surface area contributed by atoms with Gasteiger partial charge in [0, 0.05) is 30.9 Å². The maximum Gasteiger partial charge on any atom is 0.339 e. The van der Waals surface area contributed by atoms with Gasteiger partial charge in [-0.3, -0.25) is 4.79 Å². The standard InChI is InChI=1S/C20H22N2O3/c1-3-22(4-2)16-11-9-15(10-12-16)21-19(23)18-13-14-7-5-6-8-17(14)20(24)25-18/h5-12,18H,3-4,13H2,1-2H3,(H,21,23)/t18-/m0/s1. The molecule has 1 amide bonds. The molecule has 0 saturated heterocycles. The summed E-state index contributed by atoms with van der Waals surface area (Å²) in [7, 11) is 0. The number of amides is 1. The van der Waals surface area contributed by atoms with E-state index in [4.69, 9.17) is 4.74 Å². The summed E-state index contributed by atoms with van der Waals surface area (Å²) in [6.07, 6.45) is -0.407. The van der Waals surface area contributed by atoms with Gasteiger partial charge in [-0.15, -0.1) is 0 Å². The molecule has 0 saturated carbocycles. The van der Waals surface area contributed by atoms with E-state index >= 15 is 0 Å². The van der Waals surface area contributed by atoms with Gasteiger partial charge in [0.15, 0.2) is 6.10 Å². The lowest BCUT2D eigenvalue weighted by molar-refractivity contribution is -0.125. The van der Waals surface area contributed by atoms with Crippen LogP contribution in [0.1, 0.15) is 29.8 Å². The first kappa shape index (κ1) is 17.0. The van der Waals surface area contributed by atoms with E-state index in [2.05, 4.69) is 24.1 Å². The number of carbonyl (C=O) groups is 2. The van der Waals surface area contributed by atoms with Crippen LogP contribution in [0.4, 0.5) is 11.4 Å². The number of benzene rings is 2. The molecular weight excluding hydrogens is 316 g/mol. The molecule has 1 aliphatic rings. The number of hydrogen-bond donors (Lipinski definition) is 1. The molecule has 25 heavy (non-hydrogen) atoms. The van der Waals surface area contributed by atoms with Crippen LogP contribution in [-0.2, 0) is 16.0 Å². The van der Waals surface area contributed by atoms with Crippen LogP contribution >= 0.6 is 0 Å². The summed E-state index contributed by atoms with van der Waals surface area (Å²) in [5, 5.41) is 2.83. The van der Waals surface area contributed by atoms with Crippen molar-refractivity contribution in [3.05, 3.63) is 59.7 Å². The van der Waals surface area contributed by atoms with Crippen molar-refractivity contribution in [2.75, 3.05) is 23.3 Å². The molecule has 1 N–H and O–H groups in total. The number of rotatable bonds is 5. The van der Waals surface area contributed by atoms with Crippen LogP contribution in [0.5, 0.6) is 0 Å². The topological polar surface area (TPSA) is 58.6 Å². The van der Waals surface area contributed by atoms with E-state index in [1.165, 1.54) is 0 Å². The Balaban J connectivity index is 1.68. The van der Waals surface area contributed by atoms with Crippen molar-refractivity contribution >= 4 is 23.3 Å². The Kier molecular flexibility index (Phi) is 5.03. The van der Waals surface area contributed by atoms with Crippen molar-refractivity contribution in [3.63, 3.8) is 0 Å². The van der Waals surface area contributed by atoms with Gasteiger partial charge in [0.25, 0.3) is 5.91 Å². The minimum absolute atomic E-state index is 0.307. The van der Waals surface area contributed by atoms with Gasteiger partial charge >= 0.3 is 5.97 Å². The molecule has 0 unspecified atom stereocenters. The molecule has 3 rings (SSSR count). The fourth-order valence-corrected chi connectivity index (χ4v) is 3.04.